The molecule has 0 saturated carbocycles. The van der Waals surface area contributed by atoms with Crippen molar-refractivity contribution in [3.8, 4) is 5.75 Å². The van der Waals surface area contributed by atoms with Gasteiger partial charge in [0.1, 0.15) is 12.4 Å². The summed E-state index contributed by atoms with van der Waals surface area (Å²) in [6, 6.07) is 17.9. The molecule has 150 valence electrons. The number of hydrogen-bond donors (Lipinski definition) is 3. The molecule has 2 aromatic carbocycles. The summed E-state index contributed by atoms with van der Waals surface area (Å²) in [5, 5.41) is 23.1. The Labute approximate surface area is 166 Å². The molecular weight excluding hydrogens is 354 g/mol. The average molecular weight is 383 g/mol. The minimum Gasteiger partial charge on any atom is -0.489 e. The molecule has 1 heterocycles. The van der Waals surface area contributed by atoms with Gasteiger partial charge in [0.05, 0.1) is 12.5 Å². The number of carboxylic acids is 1. The second-order valence-corrected chi connectivity index (χ2v) is 8.29. The molecule has 1 saturated heterocycles. The third-order valence-electron chi connectivity index (χ3n) is 5.88. The fourth-order valence-electron chi connectivity index (χ4n) is 4.29. The number of ether oxygens (including phenoxy) is 1. The highest BCUT2D eigenvalue weighted by atomic mass is 16.5. The maximum atomic E-state index is 11.9. The summed E-state index contributed by atoms with van der Waals surface area (Å²) in [4.78, 5) is 11.9. The number of carbonyl (C=O) groups is 1. The van der Waals surface area contributed by atoms with E-state index in [0.717, 1.165) is 16.9 Å². The molecule has 3 rings (SSSR count). The van der Waals surface area contributed by atoms with Crippen molar-refractivity contribution in [1.29, 1.82) is 0 Å². The van der Waals surface area contributed by atoms with Crippen LogP contribution in [0.4, 0.5) is 0 Å². The van der Waals surface area contributed by atoms with Gasteiger partial charge in [-0.1, -0.05) is 42.5 Å². The third-order valence-corrected chi connectivity index (χ3v) is 5.88. The van der Waals surface area contributed by atoms with Crippen LogP contribution in [-0.4, -0.2) is 34.9 Å². The van der Waals surface area contributed by atoms with Crippen molar-refractivity contribution in [2.24, 2.45) is 11.3 Å². The van der Waals surface area contributed by atoms with Crippen LogP contribution < -0.4 is 10.1 Å². The Morgan fingerprint density at radius 2 is 1.79 bits per heavy atom. The number of aliphatic hydroxyl groups excluding tert-OH is 1. The van der Waals surface area contributed by atoms with Gasteiger partial charge >= 0.3 is 5.97 Å². The number of aliphatic carboxylic acids is 1. The van der Waals surface area contributed by atoms with Crippen LogP contribution in [0.25, 0.3) is 0 Å². The Bertz CT molecular complexity index is 788. The summed E-state index contributed by atoms with van der Waals surface area (Å²) < 4.78 is 5.81. The van der Waals surface area contributed by atoms with Gasteiger partial charge in [0.2, 0.25) is 0 Å². The lowest BCUT2D eigenvalue weighted by molar-refractivity contribution is -0.148. The number of rotatable bonds is 8. The van der Waals surface area contributed by atoms with Crippen LogP contribution >= 0.6 is 0 Å². The highest BCUT2D eigenvalue weighted by Crippen LogP contribution is 2.44. The van der Waals surface area contributed by atoms with E-state index in [4.69, 9.17) is 4.74 Å². The first kappa shape index (κ1) is 20.4. The molecule has 2 atom stereocenters. The van der Waals surface area contributed by atoms with E-state index in [1.54, 1.807) is 0 Å². The van der Waals surface area contributed by atoms with Crippen LogP contribution in [0.5, 0.6) is 5.75 Å². The quantitative estimate of drug-likeness (QED) is 0.652. The molecule has 2 aromatic rings. The second-order valence-electron chi connectivity index (χ2n) is 8.29. The molecule has 5 nitrogen and oxygen atoms in total. The SMILES string of the molecule is CC1(C)NCC(CO)(CCc2ccc(OCc3ccccc3)cc2)C1C(=O)O. The fraction of sp³-hybridized carbons (Fsp3) is 0.435. The average Bonchev–Trinajstić information content (AvgIpc) is 2.97. The molecule has 28 heavy (non-hydrogen) atoms. The molecule has 0 bridgehead atoms. The van der Waals surface area contributed by atoms with Gasteiger partial charge in [-0.3, -0.25) is 4.79 Å². The predicted octanol–water partition coefficient (Wildman–Crippen LogP) is 3.26. The zero-order chi connectivity index (χ0) is 20.2. The van der Waals surface area contributed by atoms with E-state index in [0.29, 0.717) is 26.0 Å². The molecule has 1 fully saturated rings. The number of aryl methyl sites for hydroxylation is 1. The van der Waals surface area contributed by atoms with E-state index >= 15 is 0 Å². The largest absolute Gasteiger partial charge is 0.489 e. The van der Waals surface area contributed by atoms with Crippen LogP contribution in [0.1, 0.15) is 31.4 Å². The summed E-state index contributed by atoms with van der Waals surface area (Å²) in [6.07, 6.45) is 1.32. The Morgan fingerprint density at radius 3 is 2.39 bits per heavy atom. The third kappa shape index (κ3) is 4.37. The van der Waals surface area contributed by atoms with Crippen LogP contribution in [0.3, 0.4) is 0 Å². The Hall–Kier alpha value is -2.37. The number of hydrogen-bond acceptors (Lipinski definition) is 4. The molecule has 3 N–H and O–H groups in total. The minimum absolute atomic E-state index is 0.140. The Balaban J connectivity index is 1.61. The summed E-state index contributed by atoms with van der Waals surface area (Å²) in [5.41, 5.74) is 1.03. The van der Waals surface area contributed by atoms with Crippen LogP contribution in [-0.2, 0) is 17.8 Å². The summed E-state index contributed by atoms with van der Waals surface area (Å²) >= 11 is 0. The van der Waals surface area contributed by atoms with Gasteiger partial charge < -0.3 is 20.3 Å². The number of benzene rings is 2. The van der Waals surface area contributed by atoms with E-state index < -0.39 is 22.8 Å². The van der Waals surface area contributed by atoms with Gasteiger partial charge in [0, 0.05) is 17.5 Å². The zero-order valence-electron chi connectivity index (χ0n) is 16.5. The molecule has 5 heteroatoms. The maximum absolute atomic E-state index is 11.9. The van der Waals surface area contributed by atoms with Crippen molar-refractivity contribution in [2.75, 3.05) is 13.2 Å². The summed E-state index contributed by atoms with van der Waals surface area (Å²) in [7, 11) is 0. The minimum atomic E-state index is -0.853. The van der Waals surface area contributed by atoms with E-state index in [9.17, 15) is 15.0 Å². The highest BCUT2D eigenvalue weighted by molar-refractivity contribution is 5.73. The van der Waals surface area contributed by atoms with Gasteiger partial charge in [-0.2, -0.15) is 0 Å². The van der Waals surface area contributed by atoms with Gasteiger partial charge in [-0.25, -0.2) is 0 Å². The van der Waals surface area contributed by atoms with Crippen molar-refractivity contribution in [2.45, 2.75) is 38.8 Å². The van der Waals surface area contributed by atoms with E-state index in [1.807, 2.05) is 68.4 Å². The number of nitrogens with one attached hydrogen (secondary N) is 1. The van der Waals surface area contributed by atoms with Crippen LogP contribution in [0.2, 0.25) is 0 Å². The first-order chi connectivity index (χ1) is 13.4. The molecule has 0 radical (unpaired) electrons. The monoisotopic (exact) mass is 383 g/mol. The topological polar surface area (TPSA) is 78.8 Å². The summed E-state index contributed by atoms with van der Waals surface area (Å²) in [6.45, 7) is 4.67. The van der Waals surface area contributed by atoms with Crippen molar-refractivity contribution in [3.63, 3.8) is 0 Å². The molecule has 0 spiro atoms. The first-order valence-corrected chi connectivity index (χ1v) is 9.71. The van der Waals surface area contributed by atoms with E-state index in [1.165, 1.54) is 0 Å². The molecule has 1 aliphatic rings. The van der Waals surface area contributed by atoms with Crippen molar-refractivity contribution >= 4 is 5.97 Å². The molecule has 1 aliphatic heterocycles. The zero-order valence-corrected chi connectivity index (χ0v) is 16.5. The predicted molar refractivity (Wildman–Crippen MR) is 108 cm³/mol. The van der Waals surface area contributed by atoms with Crippen molar-refractivity contribution in [3.05, 3.63) is 65.7 Å². The molecule has 2 unspecified atom stereocenters. The lowest BCUT2D eigenvalue weighted by Crippen LogP contribution is -2.46. The molecule has 0 aromatic heterocycles. The van der Waals surface area contributed by atoms with Gasteiger partial charge in [0.25, 0.3) is 0 Å². The molecule has 0 aliphatic carbocycles. The van der Waals surface area contributed by atoms with Gasteiger partial charge in [-0.05, 0) is 49.9 Å². The van der Waals surface area contributed by atoms with Gasteiger partial charge in [-0.15, -0.1) is 0 Å². The molecule has 0 amide bonds. The molecular formula is C23H29NO4. The fourth-order valence-corrected chi connectivity index (χ4v) is 4.29. The lowest BCUT2D eigenvalue weighted by atomic mass is 9.68. The number of aliphatic hydroxyl groups is 1. The number of carboxylic acid groups (broad SMARTS) is 1. The second kappa shape index (κ2) is 8.33. The van der Waals surface area contributed by atoms with E-state index in [-0.39, 0.29) is 6.61 Å². The smallest absolute Gasteiger partial charge is 0.309 e. The standard InChI is InChI=1S/C23H29NO4/c1-22(2)20(21(26)27)23(16-25,15-24-22)13-12-17-8-10-19(11-9-17)28-14-18-6-4-3-5-7-18/h3-11,20,24-25H,12-16H2,1-2H3,(H,26,27). The first-order valence-electron chi connectivity index (χ1n) is 9.71. The maximum Gasteiger partial charge on any atom is 0.309 e. The Morgan fingerprint density at radius 1 is 1.11 bits per heavy atom. The van der Waals surface area contributed by atoms with Crippen molar-refractivity contribution < 1.29 is 19.7 Å². The Kier molecular flexibility index (Phi) is 6.06. The van der Waals surface area contributed by atoms with E-state index in [2.05, 4.69) is 5.32 Å². The van der Waals surface area contributed by atoms with Crippen LogP contribution in [0, 0.1) is 11.3 Å². The van der Waals surface area contributed by atoms with Crippen LogP contribution in [0.15, 0.2) is 54.6 Å². The normalized spacial score (nSPS) is 23.5. The summed E-state index contributed by atoms with van der Waals surface area (Å²) in [5.74, 6) is -0.677. The van der Waals surface area contributed by atoms with Gasteiger partial charge in [0.15, 0.2) is 0 Å². The highest BCUT2D eigenvalue weighted by Gasteiger charge is 2.55. The van der Waals surface area contributed by atoms with Crippen molar-refractivity contribution in [1.82, 2.24) is 5.32 Å². The lowest BCUT2D eigenvalue weighted by Gasteiger charge is -2.35.